The van der Waals surface area contributed by atoms with Crippen molar-refractivity contribution in [3.05, 3.63) is 77.4 Å². The van der Waals surface area contributed by atoms with E-state index in [-0.39, 0.29) is 16.4 Å². The molecule has 7 heteroatoms. The molecule has 0 fully saturated rings. The number of amides is 1. The molecule has 0 aliphatic rings. The molecule has 186 valence electrons. The Kier molecular flexibility index (Phi) is 7.13. The molecule has 0 bridgehead atoms. The monoisotopic (exact) mass is 501 g/mol. The lowest BCUT2D eigenvalue weighted by molar-refractivity contribution is 0.0977. The van der Waals surface area contributed by atoms with E-state index in [0.29, 0.717) is 28.8 Å². The van der Waals surface area contributed by atoms with Crippen LogP contribution >= 0.6 is 12.2 Å². The van der Waals surface area contributed by atoms with Crippen molar-refractivity contribution in [2.45, 2.75) is 46.0 Å². The van der Waals surface area contributed by atoms with Crippen LogP contribution in [0.2, 0.25) is 0 Å². The maximum atomic E-state index is 12.7. The zero-order chi connectivity index (χ0) is 26.0. The van der Waals surface area contributed by atoms with Gasteiger partial charge < -0.3 is 14.5 Å². The number of oxazole rings is 1. The van der Waals surface area contributed by atoms with Gasteiger partial charge in [-0.1, -0.05) is 52.8 Å². The fraction of sp³-hybridized carbons (Fsp3) is 0.276. The van der Waals surface area contributed by atoms with Crippen LogP contribution in [0, 0.1) is 0 Å². The summed E-state index contributed by atoms with van der Waals surface area (Å²) in [5.74, 6) is 1.18. The number of nitrogens with one attached hydrogen (secondary N) is 2. The third-order valence-corrected chi connectivity index (χ3v) is 6.22. The molecule has 0 unspecified atom stereocenters. The molecule has 0 spiro atoms. The molecule has 1 aromatic heterocycles. The predicted octanol–water partition coefficient (Wildman–Crippen LogP) is 7.05. The van der Waals surface area contributed by atoms with Gasteiger partial charge in [-0.05, 0) is 77.1 Å². The first kappa shape index (κ1) is 25.4. The van der Waals surface area contributed by atoms with Crippen molar-refractivity contribution in [3.8, 4) is 17.2 Å². The standard InChI is InChI=1S/C29H31N3O3S/c1-17(2)19-9-14-25-23(15-19)30-27(35-25)20-10-13-24(34-6)22(16-20)31-28(36)32-26(33)18-7-11-21(12-8-18)29(3,4)5/h7-17H,1-6H3,(H2,31,32,33,36). The van der Waals surface area contributed by atoms with Crippen LogP contribution in [-0.4, -0.2) is 23.1 Å². The van der Waals surface area contributed by atoms with Gasteiger partial charge in [-0.15, -0.1) is 0 Å². The quantitative estimate of drug-likeness (QED) is 0.285. The number of nitrogens with zero attached hydrogens (tertiary/aromatic N) is 1. The van der Waals surface area contributed by atoms with Crippen LogP contribution in [0.3, 0.4) is 0 Å². The van der Waals surface area contributed by atoms with E-state index in [1.807, 2.05) is 42.5 Å². The van der Waals surface area contributed by atoms with Gasteiger partial charge in [0.05, 0.1) is 12.8 Å². The van der Waals surface area contributed by atoms with Crippen LogP contribution in [0.15, 0.2) is 65.1 Å². The summed E-state index contributed by atoms with van der Waals surface area (Å²) >= 11 is 5.42. The molecule has 0 saturated heterocycles. The highest BCUT2D eigenvalue weighted by Gasteiger charge is 2.16. The van der Waals surface area contributed by atoms with Gasteiger partial charge in [0.15, 0.2) is 10.7 Å². The van der Waals surface area contributed by atoms with Crippen LogP contribution < -0.4 is 15.4 Å². The molecule has 1 heterocycles. The second kappa shape index (κ2) is 10.1. The largest absolute Gasteiger partial charge is 0.495 e. The third-order valence-electron chi connectivity index (χ3n) is 6.01. The number of thiocarbonyl (C=S) groups is 1. The van der Waals surface area contributed by atoms with Gasteiger partial charge in [-0.25, -0.2) is 4.98 Å². The first-order valence-electron chi connectivity index (χ1n) is 11.9. The number of carbonyl (C=O) groups is 1. The smallest absolute Gasteiger partial charge is 0.257 e. The minimum absolute atomic E-state index is 0.0127. The predicted molar refractivity (Wildman–Crippen MR) is 149 cm³/mol. The Morgan fingerprint density at radius 2 is 1.75 bits per heavy atom. The van der Waals surface area contributed by atoms with Crippen molar-refractivity contribution in [2.24, 2.45) is 0 Å². The van der Waals surface area contributed by atoms with Gasteiger partial charge in [0.25, 0.3) is 5.91 Å². The molecule has 1 amide bonds. The van der Waals surface area contributed by atoms with Gasteiger partial charge in [0.1, 0.15) is 11.3 Å². The number of fused-ring (bicyclic) bond motifs is 1. The number of hydrogen-bond acceptors (Lipinski definition) is 5. The molecular formula is C29H31N3O3S. The first-order valence-corrected chi connectivity index (χ1v) is 12.3. The van der Waals surface area contributed by atoms with Crippen molar-refractivity contribution in [2.75, 3.05) is 12.4 Å². The zero-order valence-corrected chi connectivity index (χ0v) is 22.2. The highest BCUT2D eigenvalue weighted by molar-refractivity contribution is 7.80. The van der Waals surface area contributed by atoms with Crippen molar-refractivity contribution >= 4 is 40.0 Å². The second-order valence-electron chi connectivity index (χ2n) is 10.1. The number of rotatable bonds is 5. The summed E-state index contributed by atoms with van der Waals surface area (Å²) in [6.07, 6.45) is 0. The van der Waals surface area contributed by atoms with Crippen LogP contribution in [-0.2, 0) is 5.41 Å². The van der Waals surface area contributed by atoms with E-state index in [2.05, 4.69) is 56.3 Å². The molecule has 0 saturated carbocycles. The Hall–Kier alpha value is -3.71. The van der Waals surface area contributed by atoms with Crippen LogP contribution in [0.4, 0.5) is 5.69 Å². The van der Waals surface area contributed by atoms with Gasteiger partial charge in [0, 0.05) is 11.1 Å². The van der Waals surface area contributed by atoms with Crippen LogP contribution in [0.25, 0.3) is 22.6 Å². The maximum absolute atomic E-state index is 12.7. The molecule has 2 N–H and O–H groups in total. The summed E-state index contributed by atoms with van der Waals surface area (Å²) < 4.78 is 11.5. The van der Waals surface area contributed by atoms with Gasteiger partial charge in [-0.2, -0.15) is 0 Å². The highest BCUT2D eigenvalue weighted by Crippen LogP contribution is 2.32. The Balaban J connectivity index is 1.52. The van der Waals surface area contributed by atoms with E-state index in [1.165, 1.54) is 5.56 Å². The maximum Gasteiger partial charge on any atom is 0.257 e. The molecule has 6 nitrogen and oxygen atoms in total. The number of anilines is 1. The van der Waals surface area contributed by atoms with E-state index in [0.717, 1.165) is 22.2 Å². The van der Waals surface area contributed by atoms with Crippen molar-refractivity contribution in [1.29, 1.82) is 0 Å². The molecule has 4 aromatic rings. The number of aromatic nitrogens is 1. The number of hydrogen-bond donors (Lipinski definition) is 2. The highest BCUT2D eigenvalue weighted by atomic mass is 32.1. The first-order chi connectivity index (χ1) is 17.0. The Labute approximate surface area is 217 Å². The van der Waals surface area contributed by atoms with Crippen LogP contribution in [0.5, 0.6) is 5.75 Å². The normalized spacial score (nSPS) is 11.5. The summed E-state index contributed by atoms with van der Waals surface area (Å²) in [7, 11) is 1.57. The van der Waals surface area contributed by atoms with E-state index >= 15 is 0 Å². The topological polar surface area (TPSA) is 76.4 Å². The minimum atomic E-state index is -0.289. The molecule has 0 atom stereocenters. The fourth-order valence-electron chi connectivity index (χ4n) is 3.82. The minimum Gasteiger partial charge on any atom is -0.495 e. The fourth-order valence-corrected chi connectivity index (χ4v) is 4.02. The summed E-state index contributed by atoms with van der Waals surface area (Å²) in [5, 5.41) is 5.97. The lowest BCUT2D eigenvalue weighted by Gasteiger charge is -2.19. The Morgan fingerprint density at radius 3 is 2.39 bits per heavy atom. The van der Waals surface area contributed by atoms with Crippen molar-refractivity contribution < 1.29 is 13.9 Å². The number of ether oxygens (including phenoxy) is 1. The van der Waals surface area contributed by atoms with E-state index in [9.17, 15) is 4.79 Å². The molecule has 0 radical (unpaired) electrons. The Morgan fingerprint density at radius 1 is 1.03 bits per heavy atom. The third kappa shape index (κ3) is 5.57. The van der Waals surface area contributed by atoms with Gasteiger partial charge in [0.2, 0.25) is 5.89 Å². The summed E-state index contributed by atoms with van der Waals surface area (Å²) in [5.41, 5.74) is 5.77. The molecule has 4 rings (SSSR count). The molecule has 36 heavy (non-hydrogen) atoms. The lowest BCUT2D eigenvalue weighted by Crippen LogP contribution is -2.34. The van der Waals surface area contributed by atoms with Crippen molar-refractivity contribution in [3.63, 3.8) is 0 Å². The summed E-state index contributed by atoms with van der Waals surface area (Å²) in [6.45, 7) is 10.7. The number of methoxy groups -OCH3 is 1. The zero-order valence-electron chi connectivity index (χ0n) is 21.4. The average molecular weight is 502 g/mol. The SMILES string of the molecule is COc1ccc(-c2nc3cc(C(C)C)ccc3o2)cc1NC(=S)NC(=O)c1ccc(C(C)(C)C)cc1. The van der Waals surface area contributed by atoms with Crippen LogP contribution in [0.1, 0.15) is 62.0 Å². The van der Waals surface area contributed by atoms with Gasteiger partial charge >= 0.3 is 0 Å². The summed E-state index contributed by atoms with van der Waals surface area (Å²) in [6, 6.07) is 19.1. The van der Waals surface area contributed by atoms with E-state index in [4.69, 9.17) is 21.4 Å². The van der Waals surface area contributed by atoms with Gasteiger partial charge in [-0.3, -0.25) is 10.1 Å². The molecule has 0 aliphatic carbocycles. The molecular weight excluding hydrogens is 470 g/mol. The number of benzene rings is 3. The lowest BCUT2D eigenvalue weighted by atomic mass is 9.87. The van der Waals surface area contributed by atoms with E-state index in [1.54, 1.807) is 19.2 Å². The summed E-state index contributed by atoms with van der Waals surface area (Å²) in [4.78, 5) is 17.4. The number of carbonyl (C=O) groups excluding carboxylic acids is 1. The van der Waals surface area contributed by atoms with E-state index < -0.39 is 0 Å². The van der Waals surface area contributed by atoms with Crippen molar-refractivity contribution in [1.82, 2.24) is 10.3 Å². The molecule has 0 aliphatic heterocycles. The Bertz CT molecular complexity index is 1420. The average Bonchev–Trinajstić information content (AvgIpc) is 3.27. The second-order valence-corrected chi connectivity index (χ2v) is 10.5. The molecule has 3 aromatic carbocycles.